The third-order valence-corrected chi connectivity index (χ3v) is 4.94. The highest BCUT2D eigenvalue weighted by Gasteiger charge is 2.10. The molecule has 1 heterocycles. The van der Waals surface area contributed by atoms with Gasteiger partial charge >= 0.3 is 0 Å². The van der Waals surface area contributed by atoms with Crippen LogP contribution in [0.15, 0.2) is 79.0 Å². The first kappa shape index (κ1) is 21.8. The van der Waals surface area contributed by atoms with Crippen LogP contribution >= 0.6 is 0 Å². The van der Waals surface area contributed by atoms with Crippen molar-refractivity contribution in [3.05, 3.63) is 90.1 Å². The largest absolute Gasteiger partial charge is 0.497 e. The summed E-state index contributed by atoms with van der Waals surface area (Å²) >= 11 is 0. The Labute approximate surface area is 192 Å². The average Bonchev–Trinajstić information content (AvgIpc) is 2.84. The molecule has 4 rings (SSSR count). The zero-order valence-electron chi connectivity index (χ0n) is 18.6. The molecule has 4 aromatic rings. The Kier molecular flexibility index (Phi) is 6.50. The molecule has 0 saturated heterocycles. The summed E-state index contributed by atoms with van der Waals surface area (Å²) in [6.45, 7) is 2.03. The molecular weight excluding hydrogens is 416 g/mol. The number of benzene rings is 3. The molecule has 3 aromatic carbocycles. The number of ether oxygens (including phenoxy) is 2. The maximum Gasteiger partial charge on any atom is 0.255 e. The van der Waals surface area contributed by atoms with Crippen LogP contribution < -0.4 is 20.1 Å². The topological polar surface area (TPSA) is 85.4 Å². The highest BCUT2D eigenvalue weighted by atomic mass is 16.5. The van der Waals surface area contributed by atoms with Crippen molar-refractivity contribution in [3.8, 4) is 22.9 Å². The molecule has 0 bridgehead atoms. The van der Waals surface area contributed by atoms with Crippen LogP contribution in [0, 0.1) is 6.92 Å². The van der Waals surface area contributed by atoms with Crippen LogP contribution in [-0.2, 0) is 0 Å². The molecule has 166 valence electrons. The van der Waals surface area contributed by atoms with Gasteiger partial charge in [-0.3, -0.25) is 4.79 Å². The molecule has 0 unspecified atom stereocenters. The summed E-state index contributed by atoms with van der Waals surface area (Å²) in [5.41, 5.74) is 3.89. The number of hydrogen-bond acceptors (Lipinski definition) is 6. The first-order valence-corrected chi connectivity index (χ1v) is 10.4. The first-order valence-electron chi connectivity index (χ1n) is 10.4. The van der Waals surface area contributed by atoms with E-state index in [2.05, 4.69) is 20.6 Å². The molecule has 0 aliphatic heterocycles. The quantitative estimate of drug-likeness (QED) is 0.397. The molecule has 0 saturated carbocycles. The van der Waals surface area contributed by atoms with E-state index in [0.29, 0.717) is 34.4 Å². The van der Waals surface area contributed by atoms with E-state index < -0.39 is 0 Å². The fourth-order valence-electron chi connectivity index (χ4n) is 3.32. The third kappa shape index (κ3) is 5.46. The molecule has 0 atom stereocenters. The lowest BCUT2D eigenvalue weighted by Gasteiger charge is -2.11. The highest BCUT2D eigenvalue weighted by Crippen LogP contribution is 2.26. The number of methoxy groups -OCH3 is 2. The summed E-state index contributed by atoms with van der Waals surface area (Å²) in [6, 6.07) is 22.2. The van der Waals surface area contributed by atoms with Gasteiger partial charge in [-0.05, 0) is 37.3 Å². The lowest BCUT2D eigenvalue weighted by atomic mass is 10.1. The predicted molar refractivity (Wildman–Crippen MR) is 129 cm³/mol. The number of carbonyl (C=O) groups is 1. The number of aryl methyl sites for hydroxylation is 1. The lowest BCUT2D eigenvalue weighted by Crippen LogP contribution is -2.12. The Morgan fingerprint density at radius 3 is 2.33 bits per heavy atom. The van der Waals surface area contributed by atoms with Gasteiger partial charge in [0.05, 0.1) is 14.2 Å². The number of hydrogen-bond donors (Lipinski definition) is 2. The molecule has 0 fully saturated rings. The number of nitrogens with one attached hydrogen (secondary N) is 2. The molecule has 0 spiro atoms. The minimum atomic E-state index is -0.253. The van der Waals surface area contributed by atoms with Gasteiger partial charge in [0.25, 0.3) is 5.91 Å². The summed E-state index contributed by atoms with van der Waals surface area (Å²) < 4.78 is 10.5. The molecule has 2 N–H and O–H groups in total. The maximum absolute atomic E-state index is 12.8. The maximum atomic E-state index is 12.8. The van der Waals surface area contributed by atoms with E-state index in [1.807, 2.05) is 43.3 Å². The second-order valence-corrected chi connectivity index (χ2v) is 7.40. The highest BCUT2D eigenvalue weighted by molar-refractivity contribution is 6.05. The Balaban J connectivity index is 1.52. The molecule has 33 heavy (non-hydrogen) atoms. The van der Waals surface area contributed by atoms with Gasteiger partial charge in [-0.25, -0.2) is 9.97 Å². The van der Waals surface area contributed by atoms with Crippen molar-refractivity contribution in [2.75, 3.05) is 24.9 Å². The minimum absolute atomic E-state index is 0.253. The standard InChI is InChI=1S/C26H24N4O3/c1-17-6-4-7-18(12-17)25-27-11-10-24(30-25)28-20-9-5-8-19(13-20)26(31)29-21-14-22(32-2)16-23(15-21)33-3/h4-16H,1-3H3,(H,29,31)(H,27,28,30). The molecule has 0 aliphatic carbocycles. The van der Waals surface area contributed by atoms with Crippen molar-refractivity contribution in [2.24, 2.45) is 0 Å². The van der Waals surface area contributed by atoms with E-state index in [9.17, 15) is 4.79 Å². The van der Waals surface area contributed by atoms with Crippen LogP contribution in [0.1, 0.15) is 15.9 Å². The van der Waals surface area contributed by atoms with Gasteiger partial charge in [0.2, 0.25) is 0 Å². The third-order valence-electron chi connectivity index (χ3n) is 4.94. The summed E-state index contributed by atoms with van der Waals surface area (Å²) in [7, 11) is 3.13. The van der Waals surface area contributed by atoms with Crippen molar-refractivity contribution in [3.63, 3.8) is 0 Å². The SMILES string of the molecule is COc1cc(NC(=O)c2cccc(Nc3ccnc(-c4cccc(C)c4)n3)c2)cc(OC)c1. The van der Waals surface area contributed by atoms with Crippen molar-refractivity contribution in [1.82, 2.24) is 9.97 Å². The van der Waals surface area contributed by atoms with E-state index in [0.717, 1.165) is 16.8 Å². The van der Waals surface area contributed by atoms with Gasteiger partial charge in [-0.1, -0.05) is 29.8 Å². The van der Waals surface area contributed by atoms with Crippen LogP contribution in [0.25, 0.3) is 11.4 Å². The van der Waals surface area contributed by atoms with Gasteiger partial charge < -0.3 is 20.1 Å². The second kappa shape index (κ2) is 9.82. The minimum Gasteiger partial charge on any atom is -0.497 e. The van der Waals surface area contributed by atoms with Gasteiger partial charge in [-0.15, -0.1) is 0 Å². The normalized spacial score (nSPS) is 10.4. The number of amides is 1. The number of rotatable bonds is 7. The summed E-state index contributed by atoms with van der Waals surface area (Å²) in [6.07, 6.45) is 1.71. The fraction of sp³-hybridized carbons (Fsp3) is 0.115. The van der Waals surface area contributed by atoms with Crippen LogP contribution in [0.2, 0.25) is 0 Å². The van der Waals surface area contributed by atoms with Crippen LogP contribution in [0.5, 0.6) is 11.5 Å². The van der Waals surface area contributed by atoms with Crippen LogP contribution in [0.4, 0.5) is 17.2 Å². The predicted octanol–water partition coefficient (Wildman–Crippen LogP) is 5.47. The van der Waals surface area contributed by atoms with Crippen LogP contribution in [-0.4, -0.2) is 30.1 Å². The zero-order chi connectivity index (χ0) is 23.2. The number of anilines is 3. The molecule has 1 amide bonds. The molecule has 7 heteroatoms. The van der Waals surface area contributed by atoms with E-state index in [1.165, 1.54) is 0 Å². The Bertz CT molecular complexity index is 1270. The smallest absolute Gasteiger partial charge is 0.255 e. The molecule has 1 aromatic heterocycles. The Morgan fingerprint density at radius 1 is 0.848 bits per heavy atom. The van der Waals surface area contributed by atoms with E-state index in [1.54, 1.807) is 56.8 Å². The van der Waals surface area contributed by atoms with Crippen LogP contribution in [0.3, 0.4) is 0 Å². The van der Waals surface area contributed by atoms with Gasteiger partial charge in [-0.2, -0.15) is 0 Å². The van der Waals surface area contributed by atoms with Crippen molar-refractivity contribution < 1.29 is 14.3 Å². The summed E-state index contributed by atoms with van der Waals surface area (Å²) in [5.74, 6) is 2.19. The van der Waals surface area contributed by atoms with Gasteiger partial charge in [0.1, 0.15) is 17.3 Å². The summed E-state index contributed by atoms with van der Waals surface area (Å²) in [5, 5.41) is 6.14. The first-order chi connectivity index (χ1) is 16.0. The second-order valence-electron chi connectivity index (χ2n) is 7.40. The summed E-state index contributed by atoms with van der Waals surface area (Å²) in [4.78, 5) is 21.8. The van der Waals surface area contributed by atoms with E-state index in [4.69, 9.17) is 9.47 Å². The van der Waals surface area contributed by atoms with Gasteiger partial charge in [0.15, 0.2) is 5.82 Å². The zero-order valence-corrected chi connectivity index (χ0v) is 18.6. The number of nitrogens with zero attached hydrogens (tertiary/aromatic N) is 2. The monoisotopic (exact) mass is 440 g/mol. The van der Waals surface area contributed by atoms with Crippen molar-refractivity contribution >= 4 is 23.1 Å². The fourth-order valence-corrected chi connectivity index (χ4v) is 3.32. The van der Waals surface area contributed by atoms with E-state index in [-0.39, 0.29) is 5.91 Å². The molecule has 0 aliphatic rings. The Hall–Kier alpha value is -4.39. The number of carbonyl (C=O) groups excluding carboxylic acids is 1. The van der Waals surface area contributed by atoms with Crippen molar-refractivity contribution in [2.45, 2.75) is 6.92 Å². The number of aromatic nitrogens is 2. The molecule has 0 radical (unpaired) electrons. The lowest BCUT2D eigenvalue weighted by molar-refractivity contribution is 0.102. The van der Waals surface area contributed by atoms with Gasteiger partial charge in [0, 0.05) is 46.9 Å². The van der Waals surface area contributed by atoms with E-state index >= 15 is 0 Å². The molecular formula is C26H24N4O3. The Morgan fingerprint density at radius 2 is 1.61 bits per heavy atom. The average molecular weight is 441 g/mol. The molecule has 7 nitrogen and oxygen atoms in total. The van der Waals surface area contributed by atoms with Crippen molar-refractivity contribution in [1.29, 1.82) is 0 Å².